The average molecular weight is 445 g/mol. The van der Waals surface area contributed by atoms with Crippen LogP contribution < -0.4 is 15.2 Å². The molecule has 1 aliphatic heterocycles. The number of carbonyl (C=O) groups excluding carboxylic acids is 1. The van der Waals surface area contributed by atoms with Crippen molar-refractivity contribution in [3.8, 4) is 11.5 Å². The Morgan fingerprint density at radius 1 is 1.13 bits per heavy atom. The van der Waals surface area contributed by atoms with E-state index in [0.29, 0.717) is 34.4 Å². The maximum Gasteiger partial charge on any atom is 0.166 e. The molecule has 3 rings (SSSR count). The number of hydrogen-bond donors (Lipinski definition) is 1. The summed E-state index contributed by atoms with van der Waals surface area (Å²) in [6.45, 7) is 3.34. The van der Waals surface area contributed by atoms with Crippen LogP contribution in [-0.2, 0) is 6.42 Å². The Kier molecular flexibility index (Phi) is 8.61. The van der Waals surface area contributed by atoms with Gasteiger partial charge in [0.2, 0.25) is 0 Å². The third kappa shape index (κ3) is 6.62. The van der Waals surface area contributed by atoms with Gasteiger partial charge >= 0.3 is 0 Å². The van der Waals surface area contributed by atoms with Crippen molar-refractivity contribution in [2.75, 3.05) is 39.6 Å². The largest absolute Gasteiger partial charge is 0.497 e. The van der Waals surface area contributed by atoms with Gasteiger partial charge in [0.1, 0.15) is 11.5 Å². The lowest BCUT2D eigenvalue weighted by molar-refractivity contribution is 0.0959. The molecule has 0 atom stereocenters. The number of methoxy groups -OCH3 is 2. The maximum atomic E-state index is 12.7. The van der Waals surface area contributed by atoms with Gasteiger partial charge in [0.15, 0.2) is 5.78 Å². The van der Waals surface area contributed by atoms with E-state index in [1.807, 2.05) is 12.1 Å². The van der Waals surface area contributed by atoms with Crippen LogP contribution in [0.4, 0.5) is 5.69 Å². The number of halogens is 1. The number of nitrogens with zero attached hydrogens (tertiary/aromatic N) is 1. The molecular formula is C25H33ClN2O3. The number of nitrogen functional groups attached to an aromatic ring is 1. The van der Waals surface area contributed by atoms with Crippen LogP contribution in [0.15, 0.2) is 36.4 Å². The summed E-state index contributed by atoms with van der Waals surface area (Å²) in [5, 5.41) is 0.395. The summed E-state index contributed by atoms with van der Waals surface area (Å²) in [4.78, 5) is 15.3. The highest BCUT2D eigenvalue weighted by atomic mass is 35.5. The van der Waals surface area contributed by atoms with E-state index in [-0.39, 0.29) is 5.78 Å². The van der Waals surface area contributed by atoms with E-state index in [1.165, 1.54) is 5.56 Å². The fourth-order valence-electron chi connectivity index (χ4n) is 4.22. The SMILES string of the molecule is COc1ccc(CCCN2CCC(CCC(=O)c3cc(Cl)c(N)cc3OC)CC2)cc1. The number of anilines is 1. The van der Waals surface area contributed by atoms with Crippen molar-refractivity contribution in [2.24, 2.45) is 5.92 Å². The quantitative estimate of drug-likeness (QED) is 0.400. The van der Waals surface area contributed by atoms with Crippen LogP contribution >= 0.6 is 11.6 Å². The first kappa shape index (κ1) is 23.4. The first-order valence-electron chi connectivity index (χ1n) is 11.0. The Bertz CT molecular complexity index is 862. The first-order chi connectivity index (χ1) is 15.0. The molecule has 6 heteroatoms. The molecular weight excluding hydrogens is 412 g/mol. The summed E-state index contributed by atoms with van der Waals surface area (Å²) in [6, 6.07) is 11.6. The van der Waals surface area contributed by atoms with E-state index in [0.717, 1.165) is 57.5 Å². The van der Waals surface area contributed by atoms with Crippen LogP contribution in [0.2, 0.25) is 5.02 Å². The highest BCUT2D eigenvalue weighted by molar-refractivity contribution is 6.33. The molecule has 1 saturated heterocycles. The number of nitrogens with two attached hydrogens (primary N) is 1. The molecule has 0 aliphatic carbocycles. The highest BCUT2D eigenvalue weighted by Crippen LogP contribution is 2.31. The topological polar surface area (TPSA) is 64.8 Å². The van der Waals surface area contributed by atoms with Gasteiger partial charge in [0.05, 0.1) is 30.5 Å². The number of piperidine rings is 1. The van der Waals surface area contributed by atoms with Crippen molar-refractivity contribution < 1.29 is 14.3 Å². The molecule has 0 saturated carbocycles. The molecule has 0 bridgehead atoms. The molecule has 168 valence electrons. The summed E-state index contributed by atoms with van der Waals surface area (Å²) in [6.07, 6.45) is 5.96. The van der Waals surface area contributed by atoms with E-state index in [4.69, 9.17) is 26.8 Å². The van der Waals surface area contributed by atoms with Crippen molar-refractivity contribution in [1.29, 1.82) is 0 Å². The van der Waals surface area contributed by atoms with Crippen LogP contribution in [0, 0.1) is 5.92 Å². The van der Waals surface area contributed by atoms with Gasteiger partial charge in [-0.2, -0.15) is 0 Å². The fraction of sp³-hybridized carbons (Fsp3) is 0.480. The zero-order valence-corrected chi connectivity index (χ0v) is 19.3. The van der Waals surface area contributed by atoms with Crippen LogP contribution in [0.5, 0.6) is 11.5 Å². The number of rotatable bonds is 10. The van der Waals surface area contributed by atoms with Crippen LogP contribution in [-0.4, -0.2) is 44.5 Å². The lowest BCUT2D eigenvalue weighted by Crippen LogP contribution is -2.34. The minimum absolute atomic E-state index is 0.0701. The second kappa shape index (κ2) is 11.4. The molecule has 31 heavy (non-hydrogen) atoms. The number of hydrogen-bond acceptors (Lipinski definition) is 5. The third-order valence-corrected chi connectivity index (χ3v) is 6.53. The molecule has 2 aromatic rings. The van der Waals surface area contributed by atoms with Gasteiger partial charge in [0.25, 0.3) is 0 Å². The smallest absolute Gasteiger partial charge is 0.166 e. The number of benzene rings is 2. The molecule has 0 aromatic heterocycles. The van der Waals surface area contributed by atoms with Gasteiger partial charge in [-0.25, -0.2) is 0 Å². The summed E-state index contributed by atoms with van der Waals surface area (Å²) in [7, 11) is 3.24. The maximum absolute atomic E-state index is 12.7. The summed E-state index contributed by atoms with van der Waals surface area (Å²) < 4.78 is 10.5. The van der Waals surface area contributed by atoms with Crippen molar-refractivity contribution in [3.05, 3.63) is 52.5 Å². The van der Waals surface area contributed by atoms with Crippen molar-refractivity contribution in [2.45, 2.75) is 38.5 Å². The molecule has 2 N–H and O–H groups in total. The predicted molar refractivity (Wildman–Crippen MR) is 126 cm³/mol. The van der Waals surface area contributed by atoms with Gasteiger partial charge < -0.3 is 20.1 Å². The summed E-state index contributed by atoms with van der Waals surface area (Å²) >= 11 is 6.10. The van der Waals surface area contributed by atoms with Crippen molar-refractivity contribution in [3.63, 3.8) is 0 Å². The van der Waals surface area contributed by atoms with Gasteiger partial charge in [-0.15, -0.1) is 0 Å². The first-order valence-corrected chi connectivity index (χ1v) is 11.4. The van der Waals surface area contributed by atoms with Crippen LogP contribution in [0.3, 0.4) is 0 Å². The minimum Gasteiger partial charge on any atom is -0.497 e. The second-order valence-corrected chi connectivity index (χ2v) is 8.68. The Morgan fingerprint density at radius 3 is 2.48 bits per heavy atom. The van der Waals surface area contributed by atoms with Crippen molar-refractivity contribution >= 4 is 23.1 Å². The van der Waals surface area contributed by atoms with Gasteiger partial charge in [-0.3, -0.25) is 4.79 Å². The number of ether oxygens (including phenoxy) is 2. The van der Waals surface area contributed by atoms with Gasteiger partial charge in [-0.05, 0) is 81.4 Å². The molecule has 0 spiro atoms. The fourth-order valence-corrected chi connectivity index (χ4v) is 4.39. The Hall–Kier alpha value is -2.24. The molecule has 1 aliphatic rings. The minimum atomic E-state index is 0.0701. The molecule has 0 amide bonds. The van der Waals surface area contributed by atoms with E-state index in [1.54, 1.807) is 26.4 Å². The Balaban J connectivity index is 1.38. The van der Waals surface area contributed by atoms with Gasteiger partial charge in [-0.1, -0.05) is 23.7 Å². The number of ketones is 1. The number of carbonyl (C=O) groups is 1. The van der Waals surface area contributed by atoms with E-state index >= 15 is 0 Å². The van der Waals surface area contributed by atoms with Gasteiger partial charge in [0, 0.05) is 12.5 Å². The predicted octanol–water partition coefficient (Wildman–Crippen LogP) is 5.25. The number of aryl methyl sites for hydroxylation is 1. The lowest BCUT2D eigenvalue weighted by Gasteiger charge is -2.32. The number of likely N-dealkylation sites (tertiary alicyclic amines) is 1. The van der Waals surface area contributed by atoms with E-state index in [9.17, 15) is 4.79 Å². The number of Topliss-reactive ketones (excluding diaryl/α,β-unsaturated/α-hetero) is 1. The molecule has 1 fully saturated rings. The molecule has 0 radical (unpaired) electrons. The Morgan fingerprint density at radius 2 is 1.84 bits per heavy atom. The summed E-state index contributed by atoms with van der Waals surface area (Å²) in [5.74, 6) is 2.07. The monoisotopic (exact) mass is 444 g/mol. The zero-order chi connectivity index (χ0) is 22.2. The van der Waals surface area contributed by atoms with E-state index in [2.05, 4.69) is 17.0 Å². The third-order valence-electron chi connectivity index (χ3n) is 6.20. The normalized spacial score (nSPS) is 15.1. The zero-order valence-electron chi connectivity index (χ0n) is 18.5. The molecule has 2 aromatic carbocycles. The highest BCUT2D eigenvalue weighted by Gasteiger charge is 2.21. The molecule has 0 unspecified atom stereocenters. The Labute approximate surface area is 190 Å². The molecule has 5 nitrogen and oxygen atoms in total. The average Bonchev–Trinajstić information content (AvgIpc) is 2.80. The van der Waals surface area contributed by atoms with Crippen molar-refractivity contribution in [1.82, 2.24) is 4.90 Å². The lowest BCUT2D eigenvalue weighted by atomic mass is 9.90. The van der Waals surface area contributed by atoms with Crippen LogP contribution in [0.25, 0.3) is 0 Å². The summed E-state index contributed by atoms with van der Waals surface area (Å²) in [5.41, 5.74) is 8.12. The molecule has 1 heterocycles. The van der Waals surface area contributed by atoms with Crippen LogP contribution in [0.1, 0.15) is 48.0 Å². The standard InChI is InChI=1S/C25H33ClN2O3/c1-30-20-8-5-18(6-9-20)4-3-13-28-14-11-19(12-15-28)7-10-24(29)21-16-22(26)23(27)17-25(21)31-2/h5-6,8-9,16-17,19H,3-4,7,10-15,27H2,1-2H3. The van der Waals surface area contributed by atoms with E-state index < -0.39 is 0 Å². The second-order valence-electron chi connectivity index (χ2n) is 8.27.